The maximum Gasteiger partial charge on any atom is 0.0705 e. The second-order valence-corrected chi connectivity index (χ2v) is 4.67. The van der Waals surface area contributed by atoms with Crippen molar-refractivity contribution in [2.24, 2.45) is 5.84 Å². The van der Waals surface area contributed by atoms with Gasteiger partial charge in [0.05, 0.1) is 17.3 Å². The van der Waals surface area contributed by atoms with Gasteiger partial charge in [-0.25, -0.2) is 0 Å². The number of nitrogens with zero attached hydrogens (tertiary/aromatic N) is 2. The van der Waals surface area contributed by atoms with E-state index in [9.17, 15) is 0 Å². The van der Waals surface area contributed by atoms with Crippen molar-refractivity contribution in [3.8, 4) is 0 Å². The van der Waals surface area contributed by atoms with Crippen molar-refractivity contribution >= 4 is 10.9 Å². The molecule has 4 nitrogen and oxygen atoms in total. The molecule has 0 fully saturated rings. The van der Waals surface area contributed by atoms with Crippen molar-refractivity contribution < 1.29 is 0 Å². The Balaban J connectivity index is 1.87. The van der Waals surface area contributed by atoms with Crippen molar-refractivity contribution in [3.05, 3.63) is 72.2 Å². The molecule has 4 heteroatoms. The minimum Gasteiger partial charge on any atom is -0.271 e. The van der Waals surface area contributed by atoms with E-state index in [1.54, 1.807) is 6.20 Å². The van der Waals surface area contributed by atoms with Gasteiger partial charge < -0.3 is 0 Å². The molecule has 2 aromatic heterocycles. The van der Waals surface area contributed by atoms with Crippen LogP contribution in [0.25, 0.3) is 10.9 Å². The molecule has 1 atom stereocenters. The van der Waals surface area contributed by atoms with Crippen LogP contribution in [-0.2, 0) is 6.42 Å². The maximum absolute atomic E-state index is 5.65. The standard InChI is InChI=1S/C16H16N4/c17-20-16(15-7-3-4-10-18-15)11-13-9-8-12-5-1-2-6-14(12)19-13/h1-10,16,20H,11,17H2. The second kappa shape index (κ2) is 5.77. The van der Waals surface area contributed by atoms with Gasteiger partial charge in [-0.15, -0.1) is 0 Å². The third-order valence-corrected chi connectivity index (χ3v) is 3.32. The fourth-order valence-corrected chi connectivity index (χ4v) is 2.26. The van der Waals surface area contributed by atoms with Gasteiger partial charge in [-0.05, 0) is 24.3 Å². The number of fused-ring (bicyclic) bond motifs is 1. The lowest BCUT2D eigenvalue weighted by Crippen LogP contribution is -2.30. The Labute approximate surface area is 117 Å². The molecule has 1 unspecified atom stereocenters. The molecule has 0 aliphatic heterocycles. The summed E-state index contributed by atoms with van der Waals surface area (Å²) in [6.45, 7) is 0. The van der Waals surface area contributed by atoms with Gasteiger partial charge in [0, 0.05) is 23.7 Å². The van der Waals surface area contributed by atoms with Crippen LogP contribution in [0.5, 0.6) is 0 Å². The first-order valence-corrected chi connectivity index (χ1v) is 6.58. The second-order valence-electron chi connectivity index (χ2n) is 4.67. The van der Waals surface area contributed by atoms with Crippen LogP contribution in [0.4, 0.5) is 0 Å². The van der Waals surface area contributed by atoms with Crippen molar-refractivity contribution in [1.29, 1.82) is 0 Å². The minimum absolute atomic E-state index is 0.0372. The van der Waals surface area contributed by atoms with Gasteiger partial charge in [0.15, 0.2) is 0 Å². The Morgan fingerprint density at radius 2 is 1.85 bits per heavy atom. The maximum atomic E-state index is 5.65. The molecular weight excluding hydrogens is 248 g/mol. The number of hydrogen-bond acceptors (Lipinski definition) is 4. The van der Waals surface area contributed by atoms with Gasteiger partial charge in [0.25, 0.3) is 0 Å². The number of hydrazine groups is 1. The molecule has 0 radical (unpaired) electrons. The third kappa shape index (κ3) is 2.66. The van der Waals surface area contributed by atoms with E-state index in [4.69, 9.17) is 5.84 Å². The Morgan fingerprint density at radius 3 is 2.65 bits per heavy atom. The van der Waals surface area contributed by atoms with Gasteiger partial charge >= 0.3 is 0 Å². The fraction of sp³-hybridized carbons (Fsp3) is 0.125. The highest BCUT2D eigenvalue weighted by atomic mass is 15.2. The zero-order valence-electron chi connectivity index (χ0n) is 11.0. The molecule has 100 valence electrons. The topological polar surface area (TPSA) is 63.8 Å². The van der Waals surface area contributed by atoms with E-state index in [-0.39, 0.29) is 6.04 Å². The number of pyridine rings is 2. The number of nitrogens with one attached hydrogen (secondary N) is 1. The first-order valence-electron chi connectivity index (χ1n) is 6.58. The number of rotatable bonds is 4. The van der Waals surface area contributed by atoms with Crippen LogP contribution in [0.2, 0.25) is 0 Å². The van der Waals surface area contributed by atoms with Crippen LogP contribution in [-0.4, -0.2) is 9.97 Å². The predicted octanol–water partition coefficient (Wildman–Crippen LogP) is 2.38. The summed E-state index contributed by atoms with van der Waals surface area (Å²) in [7, 11) is 0. The Hall–Kier alpha value is -2.30. The SMILES string of the molecule is NNC(Cc1ccc2ccccc2n1)c1ccccn1. The largest absolute Gasteiger partial charge is 0.271 e. The summed E-state index contributed by atoms with van der Waals surface area (Å²) in [5.74, 6) is 5.65. The highest BCUT2D eigenvalue weighted by Gasteiger charge is 2.12. The van der Waals surface area contributed by atoms with E-state index < -0.39 is 0 Å². The first kappa shape index (κ1) is 12.7. The van der Waals surface area contributed by atoms with Crippen molar-refractivity contribution in [1.82, 2.24) is 15.4 Å². The van der Waals surface area contributed by atoms with Crippen LogP contribution >= 0.6 is 0 Å². The number of para-hydroxylation sites is 1. The number of aromatic nitrogens is 2. The highest BCUT2D eigenvalue weighted by molar-refractivity contribution is 5.78. The summed E-state index contributed by atoms with van der Waals surface area (Å²) in [4.78, 5) is 9.00. The van der Waals surface area contributed by atoms with E-state index in [1.807, 2.05) is 42.5 Å². The lowest BCUT2D eigenvalue weighted by molar-refractivity contribution is 0.533. The van der Waals surface area contributed by atoms with Gasteiger partial charge in [-0.2, -0.15) is 0 Å². The molecule has 1 aromatic carbocycles. The monoisotopic (exact) mass is 264 g/mol. The highest BCUT2D eigenvalue weighted by Crippen LogP contribution is 2.17. The molecular formula is C16H16N4. The number of benzene rings is 1. The first-order chi connectivity index (χ1) is 9.86. The average Bonchev–Trinajstić information content (AvgIpc) is 2.53. The predicted molar refractivity (Wildman–Crippen MR) is 79.7 cm³/mol. The van der Waals surface area contributed by atoms with Crippen molar-refractivity contribution in [2.45, 2.75) is 12.5 Å². The van der Waals surface area contributed by atoms with E-state index in [0.29, 0.717) is 6.42 Å². The fourth-order valence-electron chi connectivity index (χ4n) is 2.26. The smallest absolute Gasteiger partial charge is 0.0705 e. The summed E-state index contributed by atoms with van der Waals surface area (Å²) in [5, 5.41) is 1.14. The summed E-state index contributed by atoms with van der Waals surface area (Å²) in [6.07, 6.45) is 2.48. The Kier molecular flexibility index (Phi) is 3.67. The van der Waals surface area contributed by atoms with Gasteiger partial charge in [-0.1, -0.05) is 30.3 Å². The normalized spacial score (nSPS) is 12.4. The lowest BCUT2D eigenvalue weighted by Gasteiger charge is -2.15. The van der Waals surface area contributed by atoms with E-state index in [0.717, 1.165) is 22.3 Å². The summed E-state index contributed by atoms with van der Waals surface area (Å²) in [5.41, 5.74) is 5.73. The summed E-state index contributed by atoms with van der Waals surface area (Å²) in [6, 6.07) is 18.0. The molecule has 0 amide bonds. The molecule has 0 aliphatic rings. The summed E-state index contributed by atoms with van der Waals surface area (Å²) >= 11 is 0. The van der Waals surface area contributed by atoms with Gasteiger partial charge in [0.1, 0.15) is 0 Å². The Bertz CT molecular complexity index is 697. The number of nitrogens with two attached hydrogens (primary N) is 1. The quantitative estimate of drug-likeness (QED) is 0.561. The summed E-state index contributed by atoms with van der Waals surface area (Å²) < 4.78 is 0. The zero-order valence-corrected chi connectivity index (χ0v) is 11.0. The molecule has 2 heterocycles. The molecule has 0 aliphatic carbocycles. The van der Waals surface area contributed by atoms with Crippen LogP contribution in [0.1, 0.15) is 17.4 Å². The molecule has 3 aromatic rings. The lowest BCUT2D eigenvalue weighted by atomic mass is 10.1. The minimum atomic E-state index is -0.0372. The molecule has 0 spiro atoms. The molecule has 3 rings (SSSR count). The van der Waals surface area contributed by atoms with E-state index in [1.165, 1.54) is 0 Å². The van der Waals surface area contributed by atoms with Crippen LogP contribution < -0.4 is 11.3 Å². The van der Waals surface area contributed by atoms with Crippen LogP contribution in [0, 0.1) is 0 Å². The van der Waals surface area contributed by atoms with Crippen LogP contribution in [0.15, 0.2) is 60.8 Å². The molecule has 20 heavy (non-hydrogen) atoms. The van der Waals surface area contributed by atoms with E-state index in [2.05, 4.69) is 27.5 Å². The number of hydrogen-bond donors (Lipinski definition) is 2. The average molecular weight is 264 g/mol. The van der Waals surface area contributed by atoms with Crippen LogP contribution in [0.3, 0.4) is 0 Å². The van der Waals surface area contributed by atoms with Crippen molar-refractivity contribution in [3.63, 3.8) is 0 Å². The molecule has 0 saturated carbocycles. The molecule has 0 bridgehead atoms. The van der Waals surface area contributed by atoms with E-state index >= 15 is 0 Å². The molecule has 0 saturated heterocycles. The Morgan fingerprint density at radius 1 is 1.00 bits per heavy atom. The van der Waals surface area contributed by atoms with Gasteiger partial charge in [-0.3, -0.25) is 21.2 Å². The van der Waals surface area contributed by atoms with Gasteiger partial charge in [0.2, 0.25) is 0 Å². The molecule has 3 N–H and O–H groups in total. The third-order valence-electron chi connectivity index (χ3n) is 3.32. The zero-order chi connectivity index (χ0) is 13.8. The van der Waals surface area contributed by atoms with Crippen molar-refractivity contribution in [2.75, 3.05) is 0 Å².